The van der Waals surface area contributed by atoms with E-state index in [9.17, 15) is 4.79 Å². The number of hydrogen-bond acceptors (Lipinski definition) is 7. The number of likely N-dealkylation sites (N-methyl/N-ethyl adjacent to an activating group) is 1. The van der Waals surface area contributed by atoms with Crippen LogP contribution in [0.25, 0.3) is 0 Å². The van der Waals surface area contributed by atoms with Crippen molar-refractivity contribution in [1.82, 2.24) is 20.2 Å². The Labute approximate surface area is 164 Å². The van der Waals surface area contributed by atoms with Crippen LogP contribution < -0.4 is 20.1 Å². The third-order valence-electron chi connectivity index (χ3n) is 4.75. The normalized spacial score (nSPS) is 15.9. The summed E-state index contributed by atoms with van der Waals surface area (Å²) < 4.78 is 10.8. The predicted octanol–water partition coefficient (Wildman–Crippen LogP) is 1.44. The van der Waals surface area contributed by atoms with E-state index in [1.807, 2.05) is 32.3 Å². The van der Waals surface area contributed by atoms with Gasteiger partial charge in [-0.25, -0.2) is 9.97 Å². The van der Waals surface area contributed by atoms with E-state index in [1.54, 1.807) is 0 Å². The Hall–Kier alpha value is -2.87. The van der Waals surface area contributed by atoms with Gasteiger partial charge in [-0.05, 0) is 45.1 Å². The predicted molar refractivity (Wildman–Crippen MR) is 105 cm³/mol. The average Bonchev–Trinajstić information content (AvgIpc) is 3.10. The van der Waals surface area contributed by atoms with Gasteiger partial charge < -0.3 is 25.0 Å². The number of aromatic nitrogens is 2. The lowest BCUT2D eigenvalue weighted by Gasteiger charge is -2.24. The molecule has 2 aliphatic heterocycles. The number of amides is 1. The second-order valence-corrected chi connectivity index (χ2v) is 7.49. The summed E-state index contributed by atoms with van der Waals surface area (Å²) in [5, 5.41) is 6.35. The van der Waals surface area contributed by atoms with E-state index in [-0.39, 0.29) is 18.7 Å². The lowest BCUT2D eigenvalue weighted by molar-refractivity contribution is 0.0940. The minimum absolute atomic E-state index is 0.140. The Balaban J connectivity index is 1.64. The quantitative estimate of drug-likeness (QED) is 0.780. The molecule has 2 N–H and O–H groups in total. The number of ether oxygens (including phenoxy) is 2. The zero-order chi connectivity index (χ0) is 19.7. The molecule has 1 amide bonds. The van der Waals surface area contributed by atoms with Crippen molar-refractivity contribution in [2.45, 2.75) is 25.8 Å². The highest BCUT2D eigenvalue weighted by atomic mass is 16.7. The van der Waals surface area contributed by atoms with Crippen molar-refractivity contribution in [2.75, 3.05) is 39.3 Å². The summed E-state index contributed by atoms with van der Waals surface area (Å²) in [7, 11) is 4.07. The van der Waals surface area contributed by atoms with Gasteiger partial charge in [0.2, 0.25) is 6.79 Å². The molecule has 1 aromatic heterocycles. The van der Waals surface area contributed by atoms with Crippen molar-refractivity contribution in [3.63, 3.8) is 0 Å². The molecule has 0 bridgehead atoms. The van der Waals surface area contributed by atoms with Crippen LogP contribution in [0.15, 0.2) is 18.2 Å². The molecule has 148 valence electrons. The van der Waals surface area contributed by atoms with E-state index in [2.05, 4.69) is 27.4 Å². The van der Waals surface area contributed by atoms with E-state index in [0.29, 0.717) is 24.5 Å². The van der Waals surface area contributed by atoms with Crippen LogP contribution in [0, 0.1) is 0 Å². The molecule has 1 aromatic carbocycles. The Morgan fingerprint density at radius 1 is 1.25 bits per heavy atom. The van der Waals surface area contributed by atoms with Crippen LogP contribution in [-0.4, -0.2) is 60.8 Å². The standard InChI is InChI=1S/C20H25N5O3/c1-12(10-25(2)3)22-19-14-6-7-21-20(26)18(14)23-17(24-19)9-13-4-5-15-16(8-13)28-11-27-15/h4-5,8,12H,6-7,9-11H2,1-3H3,(H,21,26)(H,22,23,24). The van der Waals surface area contributed by atoms with Crippen LogP contribution in [0.2, 0.25) is 0 Å². The molecule has 3 heterocycles. The molecule has 8 nitrogen and oxygen atoms in total. The zero-order valence-electron chi connectivity index (χ0n) is 16.4. The number of benzene rings is 1. The van der Waals surface area contributed by atoms with Gasteiger partial charge in [0.15, 0.2) is 11.5 Å². The Bertz CT molecular complexity index is 900. The molecule has 0 saturated carbocycles. The number of nitrogens with zero attached hydrogens (tertiary/aromatic N) is 3. The summed E-state index contributed by atoms with van der Waals surface area (Å²) in [5.74, 6) is 2.69. The van der Waals surface area contributed by atoms with Crippen LogP contribution in [0.1, 0.15) is 34.4 Å². The molecule has 2 aromatic rings. The summed E-state index contributed by atoms with van der Waals surface area (Å²) in [6, 6.07) is 5.99. The average molecular weight is 383 g/mol. The third-order valence-corrected chi connectivity index (χ3v) is 4.75. The number of carbonyl (C=O) groups excluding carboxylic acids is 1. The largest absolute Gasteiger partial charge is 0.454 e. The summed E-state index contributed by atoms with van der Waals surface area (Å²) >= 11 is 0. The van der Waals surface area contributed by atoms with Crippen LogP contribution in [0.5, 0.6) is 11.5 Å². The number of rotatable bonds is 6. The second-order valence-electron chi connectivity index (χ2n) is 7.49. The molecule has 0 radical (unpaired) electrons. The highest BCUT2D eigenvalue weighted by Crippen LogP contribution is 2.33. The highest BCUT2D eigenvalue weighted by molar-refractivity contribution is 5.96. The fourth-order valence-electron chi connectivity index (χ4n) is 3.60. The van der Waals surface area contributed by atoms with Crippen molar-refractivity contribution in [1.29, 1.82) is 0 Å². The number of nitrogens with one attached hydrogen (secondary N) is 2. The van der Waals surface area contributed by atoms with E-state index >= 15 is 0 Å². The maximum absolute atomic E-state index is 12.4. The van der Waals surface area contributed by atoms with Gasteiger partial charge in [0.05, 0.1) is 0 Å². The number of anilines is 1. The topological polar surface area (TPSA) is 88.6 Å². The fraction of sp³-hybridized carbons (Fsp3) is 0.450. The molecule has 2 aliphatic rings. The van der Waals surface area contributed by atoms with Gasteiger partial charge in [-0.3, -0.25) is 4.79 Å². The summed E-state index contributed by atoms with van der Waals surface area (Å²) in [5.41, 5.74) is 2.37. The summed E-state index contributed by atoms with van der Waals surface area (Å²) in [6.07, 6.45) is 1.23. The van der Waals surface area contributed by atoms with Gasteiger partial charge in [0.25, 0.3) is 5.91 Å². The van der Waals surface area contributed by atoms with Gasteiger partial charge in [-0.15, -0.1) is 0 Å². The van der Waals surface area contributed by atoms with E-state index in [4.69, 9.17) is 14.5 Å². The minimum atomic E-state index is -0.140. The molecule has 4 rings (SSSR count). The molecule has 1 atom stereocenters. The first-order chi connectivity index (χ1) is 13.5. The first-order valence-corrected chi connectivity index (χ1v) is 9.47. The van der Waals surface area contributed by atoms with E-state index in [0.717, 1.165) is 41.4 Å². The van der Waals surface area contributed by atoms with Crippen molar-refractivity contribution in [3.8, 4) is 11.5 Å². The Kier molecular flexibility index (Phi) is 5.04. The lowest BCUT2D eigenvalue weighted by Crippen LogP contribution is -2.36. The molecule has 1 unspecified atom stereocenters. The number of fused-ring (bicyclic) bond motifs is 2. The molecular formula is C20H25N5O3. The first kappa shape index (κ1) is 18.5. The third kappa shape index (κ3) is 3.87. The van der Waals surface area contributed by atoms with Crippen molar-refractivity contribution in [3.05, 3.63) is 40.8 Å². The summed E-state index contributed by atoms with van der Waals surface area (Å²) in [6.45, 7) is 3.82. The zero-order valence-corrected chi connectivity index (χ0v) is 16.4. The van der Waals surface area contributed by atoms with Crippen molar-refractivity contribution >= 4 is 11.7 Å². The van der Waals surface area contributed by atoms with Crippen molar-refractivity contribution < 1.29 is 14.3 Å². The molecule has 8 heteroatoms. The highest BCUT2D eigenvalue weighted by Gasteiger charge is 2.25. The molecule has 0 fully saturated rings. The van der Waals surface area contributed by atoms with Crippen LogP contribution in [0.4, 0.5) is 5.82 Å². The second kappa shape index (κ2) is 7.63. The maximum Gasteiger partial charge on any atom is 0.270 e. The maximum atomic E-state index is 12.4. The fourth-order valence-corrected chi connectivity index (χ4v) is 3.60. The Morgan fingerprint density at radius 3 is 2.89 bits per heavy atom. The first-order valence-electron chi connectivity index (χ1n) is 9.47. The Morgan fingerprint density at radius 2 is 2.07 bits per heavy atom. The number of carbonyl (C=O) groups is 1. The van der Waals surface area contributed by atoms with Gasteiger partial charge in [0.1, 0.15) is 17.3 Å². The number of hydrogen-bond donors (Lipinski definition) is 2. The van der Waals surface area contributed by atoms with E-state index < -0.39 is 0 Å². The lowest BCUT2D eigenvalue weighted by atomic mass is 10.0. The monoisotopic (exact) mass is 383 g/mol. The molecule has 28 heavy (non-hydrogen) atoms. The smallest absolute Gasteiger partial charge is 0.270 e. The van der Waals surface area contributed by atoms with Gasteiger partial charge in [-0.1, -0.05) is 6.07 Å². The van der Waals surface area contributed by atoms with Crippen LogP contribution in [-0.2, 0) is 12.8 Å². The minimum Gasteiger partial charge on any atom is -0.454 e. The molecule has 0 spiro atoms. The van der Waals surface area contributed by atoms with Gasteiger partial charge in [0, 0.05) is 31.1 Å². The van der Waals surface area contributed by atoms with Crippen molar-refractivity contribution in [2.24, 2.45) is 0 Å². The van der Waals surface area contributed by atoms with Crippen LogP contribution in [0.3, 0.4) is 0 Å². The summed E-state index contributed by atoms with van der Waals surface area (Å²) in [4.78, 5) is 23.8. The van der Waals surface area contributed by atoms with E-state index in [1.165, 1.54) is 0 Å². The van der Waals surface area contributed by atoms with Gasteiger partial charge >= 0.3 is 0 Å². The SMILES string of the molecule is CC(CN(C)C)Nc1nc(Cc2ccc3c(c2)OCO3)nc2c1CCNC2=O. The molecule has 0 saturated heterocycles. The van der Waals surface area contributed by atoms with Gasteiger partial charge in [-0.2, -0.15) is 0 Å². The molecular weight excluding hydrogens is 358 g/mol. The van der Waals surface area contributed by atoms with Crippen LogP contribution >= 0.6 is 0 Å². The molecule has 0 aliphatic carbocycles.